The molecule has 2 unspecified atom stereocenters. The van der Waals surface area contributed by atoms with Gasteiger partial charge in [-0.3, -0.25) is 9.78 Å². The van der Waals surface area contributed by atoms with Crippen molar-refractivity contribution in [3.63, 3.8) is 0 Å². The molecule has 1 aromatic rings. The first kappa shape index (κ1) is 13.4. The number of pyridine rings is 1. The van der Waals surface area contributed by atoms with E-state index < -0.39 is 0 Å². The minimum atomic E-state index is -0.102. The van der Waals surface area contributed by atoms with Crippen molar-refractivity contribution < 1.29 is 9.90 Å². The molecule has 0 radical (unpaired) electrons. The lowest BCUT2D eigenvalue weighted by molar-refractivity contribution is -0.121. The molecule has 0 saturated heterocycles. The Hall–Kier alpha value is -1.62. The first-order valence-electron chi connectivity index (χ1n) is 5.63. The second-order valence-electron chi connectivity index (χ2n) is 4.28. The maximum Gasteiger partial charge on any atom is 0.226 e. The minimum Gasteiger partial charge on any atom is -0.397 e. The highest BCUT2D eigenvalue weighted by Crippen LogP contribution is 2.04. The summed E-state index contributed by atoms with van der Waals surface area (Å²) in [6.45, 7) is 3.81. The third kappa shape index (κ3) is 4.40. The van der Waals surface area contributed by atoms with Crippen molar-refractivity contribution in [1.29, 1.82) is 0 Å². The van der Waals surface area contributed by atoms with Crippen molar-refractivity contribution in [3.05, 3.63) is 24.0 Å². The third-order valence-corrected chi connectivity index (χ3v) is 2.72. The fourth-order valence-electron chi connectivity index (χ4n) is 1.31. The molecule has 1 aromatic heterocycles. The van der Waals surface area contributed by atoms with Crippen molar-refractivity contribution in [3.8, 4) is 0 Å². The Bertz CT molecular complexity index is 365. The fourth-order valence-corrected chi connectivity index (χ4v) is 1.31. The molecule has 94 valence electrons. The second-order valence-corrected chi connectivity index (χ2v) is 4.28. The number of aliphatic hydroxyl groups excluding tert-OH is 1. The molecule has 1 rings (SSSR count). The Balaban J connectivity index is 2.47. The number of carbonyl (C=O) groups excluding carboxylic acids is 1. The zero-order chi connectivity index (χ0) is 12.8. The molecule has 5 nitrogen and oxygen atoms in total. The molecule has 2 atom stereocenters. The number of hydrogen-bond acceptors (Lipinski definition) is 4. The standard InChI is InChI=1S/C12H19N3O2/c1-8(7-16)9(2)15-12(17)5-11-4-3-10(13)6-14-11/h3-4,6,8-9,16H,5,7,13H2,1-2H3,(H,15,17). The lowest BCUT2D eigenvalue weighted by Gasteiger charge is -2.19. The van der Waals surface area contributed by atoms with E-state index in [1.807, 2.05) is 13.8 Å². The van der Waals surface area contributed by atoms with Crippen molar-refractivity contribution in [2.24, 2.45) is 5.92 Å². The largest absolute Gasteiger partial charge is 0.397 e. The summed E-state index contributed by atoms with van der Waals surface area (Å²) < 4.78 is 0. The molecular formula is C12H19N3O2. The van der Waals surface area contributed by atoms with Crippen molar-refractivity contribution in [1.82, 2.24) is 10.3 Å². The van der Waals surface area contributed by atoms with Gasteiger partial charge in [0.2, 0.25) is 5.91 Å². The zero-order valence-corrected chi connectivity index (χ0v) is 10.2. The molecule has 4 N–H and O–H groups in total. The Kier molecular flexibility index (Phi) is 4.90. The predicted molar refractivity (Wildman–Crippen MR) is 66.2 cm³/mol. The van der Waals surface area contributed by atoms with Gasteiger partial charge in [-0.05, 0) is 25.0 Å². The molecule has 0 fully saturated rings. The minimum absolute atomic E-state index is 0.0401. The van der Waals surface area contributed by atoms with Crippen molar-refractivity contribution in [2.75, 3.05) is 12.3 Å². The van der Waals surface area contributed by atoms with Gasteiger partial charge in [0.15, 0.2) is 0 Å². The van der Waals surface area contributed by atoms with Crippen LogP contribution < -0.4 is 11.1 Å². The number of carbonyl (C=O) groups is 1. The van der Waals surface area contributed by atoms with E-state index >= 15 is 0 Å². The van der Waals surface area contributed by atoms with Crippen LogP contribution in [0.25, 0.3) is 0 Å². The van der Waals surface area contributed by atoms with E-state index in [-0.39, 0.29) is 30.9 Å². The van der Waals surface area contributed by atoms with Crippen LogP contribution in [0.1, 0.15) is 19.5 Å². The van der Waals surface area contributed by atoms with Gasteiger partial charge in [0.05, 0.1) is 18.3 Å². The van der Waals surface area contributed by atoms with E-state index in [0.29, 0.717) is 11.4 Å². The Morgan fingerprint density at radius 3 is 2.76 bits per heavy atom. The summed E-state index contributed by atoms with van der Waals surface area (Å²) in [4.78, 5) is 15.7. The Labute approximate surface area is 101 Å². The van der Waals surface area contributed by atoms with E-state index in [4.69, 9.17) is 10.8 Å². The summed E-state index contributed by atoms with van der Waals surface area (Å²) in [6.07, 6.45) is 1.76. The van der Waals surface area contributed by atoms with Gasteiger partial charge in [-0.1, -0.05) is 6.92 Å². The summed E-state index contributed by atoms with van der Waals surface area (Å²) in [5.74, 6) is -0.0617. The second kappa shape index (κ2) is 6.20. The number of rotatable bonds is 5. The number of aliphatic hydroxyl groups is 1. The fraction of sp³-hybridized carbons (Fsp3) is 0.500. The topological polar surface area (TPSA) is 88.2 Å². The molecule has 1 amide bonds. The Morgan fingerprint density at radius 2 is 2.24 bits per heavy atom. The van der Waals surface area contributed by atoms with Gasteiger partial charge in [-0.2, -0.15) is 0 Å². The van der Waals surface area contributed by atoms with Gasteiger partial charge < -0.3 is 16.2 Å². The summed E-state index contributed by atoms with van der Waals surface area (Å²) in [7, 11) is 0. The highest BCUT2D eigenvalue weighted by atomic mass is 16.3. The van der Waals surface area contributed by atoms with E-state index in [2.05, 4.69) is 10.3 Å². The molecule has 0 aliphatic rings. The van der Waals surface area contributed by atoms with Crippen molar-refractivity contribution >= 4 is 11.6 Å². The molecule has 0 saturated carbocycles. The van der Waals surface area contributed by atoms with Crippen LogP contribution in [-0.4, -0.2) is 28.6 Å². The first-order chi connectivity index (χ1) is 8.02. The SMILES string of the molecule is CC(CO)C(C)NC(=O)Cc1ccc(N)cn1. The van der Waals surface area contributed by atoms with Gasteiger partial charge in [0.1, 0.15) is 0 Å². The van der Waals surface area contributed by atoms with Crippen LogP contribution in [0, 0.1) is 5.92 Å². The van der Waals surface area contributed by atoms with Crippen molar-refractivity contribution in [2.45, 2.75) is 26.3 Å². The van der Waals surface area contributed by atoms with Gasteiger partial charge in [-0.25, -0.2) is 0 Å². The van der Waals surface area contributed by atoms with Crippen LogP contribution in [-0.2, 0) is 11.2 Å². The number of hydrogen-bond donors (Lipinski definition) is 3. The maximum absolute atomic E-state index is 11.7. The van der Waals surface area contributed by atoms with Crippen LogP contribution in [0.4, 0.5) is 5.69 Å². The highest BCUT2D eigenvalue weighted by molar-refractivity contribution is 5.78. The lowest BCUT2D eigenvalue weighted by atomic mass is 10.1. The Morgan fingerprint density at radius 1 is 1.53 bits per heavy atom. The average molecular weight is 237 g/mol. The zero-order valence-electron chi connectivity index (χ0n) is 10.2. The van der Waals surface area contributed by atoms with E-state index in [1.54, 1.807) is 12.1 Å². The summed E-state index contributed by atoms with van der Waals surface area (Å²) in [5, 5.41) is 11.8. The highest BCUT2D eigenvalue weighted by Gasteiger charge is 2.14. The van der Waals surface area contributed by atoms with Crippen LogP contribution in [0.5, 0.6) is 0 Å². The van der Waals surface area contributed by atoms with Crippen LogP contribution in [0.3, 0.4) is 0 Å². The number of anilines is 1. The molecule has 0 aliphatic carbocycles. The maximum atomic E-state index is 11.7. The molecule has 0 bridgehead atoms. The third-order valence-electron chi connectivity index (χ3n) is 2.72. The van der Waals surface area contributed by atoms with Gasteiger partial charge >= 0.3 is 0 Å². The molecule has 0 aromatic carbocycles. The molecule has 0 aliphatic heterocycles. The van der Waals surface area contributed by atoms with Gasteiger partial charge in [0, 0.05) is 18.3 Å². The summed E-state index contributed by atoms with van der Waals surface area (Å²) in [6, 6.07) is 3.39. The molecule has 1 heterocycles. The van der Waals surface area contributed by atoms with Gasteiger partial charge in [0.25, 0.3) is 0 Å². The quantitative estimate of drug-likeness (QED) is 0.689. The first-order valence-corrected chi connectivity index (χ1v) is 5.63. The van der Waals surface area contributed by atoms with E-state index in [0.717, 1.165) is 0 Å². The van der Waals surface area contributed by atoms with E-state index in [1.165, 1.54) is 6.20 Å². The molecule has 17 heavy (non-hydrogen) atoms. The molecular weight excluding hydrogens is 218 g/mol. The molecule has 0 spiro atoms. The monoisotopic (exact) mass is 237 g/mol. The molecule has 5 heteroatoms. The van der Waals surface area contributed by atoms with Crippen LogP contribution in [0.2, 0.25) is 0 Å². The normalized spacial score (nSPS) is 14.1. The number of aromatic nitrogens is 1. The number of nitrogens with zero attached hydrogens (tertiary/aromatic N) is 1. The number of nitrogens with two attached hydrogens (primary N) is 1. The van der Waals surface area contributed by atoms with Crippen LogP contribution in [0.15, 0.2) is 18.3 Å². The average Bonchev–Trinajstić information content (AvgIpc) is 2.30. The number of amides is 1. The summed E-state index contributed by atoms with van der Waals surface area (Å²) in [5.41, 5.74) is 6.77. The lowest BCUT2D eigenvalue weighted by Crippen LogP contribution is -2.39. The summed E-state index contributed by atoms with van der Waals surface area (Å²) >= 11 is 0. The number of nitrogens with one attached hydrogen (secondary N) is 1. The van der Waals surface area contributed by atoms with Gasteiger partial charge in [-0.15, -0.1) is 0 Å². The number of nitrogen functional groups attached to an aromatic ring is 1. The predicted octanol–water partition coefficient (Wildman–Crippen LogP) is 0.339. The smallest absolute Gasteiger partial charge is 0.226 e. The van der Waals surface area contributed by atoms with Crippen LogP contribution >= 0.6 is 0 Å². The van der Waals surface area contributed by atoms with E-state index in [9.17, 15) is 4.79 Å².